The van der Waals surface area contributed by atoms with Crippen LogP contribution in [-0.4, -0.2) is 73.4 Å². The highest BCUT2D eigenvalue weighted by atomic mass is 31.2. The van der Waals surface area contributed by atoms with Crippen LogP contribution in [0, 0.1) is 0 Å². The quantitative estimate of drug-likeness (QED) is 0.0243. The van der Waals surface area contributed by atoms with Crippen LogP contribution in [0.4, 0.5) is 0 Å². The summed E-state index contributed by atoms with van der Waals surface area (Å²) in [5.41, 5.74) is 0. The van der Waals surface area contributed by atoms with Crippen molar-refractivity contribution >= 4 is 13.7 Å². The van der Waals surface area contributed by atoms with Crippen molar-refractivity contribution in [3.8, 4) is 0 Å². The summed E-state index contributed by atoms with van der Waals surface area (Å²) in [6.07, 6.45) is 84.2. The third kappa shape index (κ3) is 64.0. The highest BCUT2D eigenvalue weighted by Crippen LogP contribution is 2.43. The molecule has 0 bridgehead atoms. The summed E-state index contributed by atoms with van der Waals surface area (Å²) in [6.45, 7) is 4.84. The maximum atomic E-state index is 13.0. The number of hydrogen-bond acceptors (Lipinski definition) is 5. The van der Waals surface area contributed by atoms with Crippen LogP contribution in [0.5, 0.6) is 0 Å². The molecule has 8 nitrogen and oxygen atoms in total. The summed E-state index contributed by atoms with van der Waals surface area (Å²) in [5.74, 6) is -0.182. The maximum absolute atomic E-state index is 13.0. The molecule has 0 aliphatic carbocycles. The largest absolute Gasteiger partial charge is 0.472 e. The van der Waals surface area contributed by atoms with Gasteiger partial charge in [0.15, 0.2) is 0 Å². The lowest BCUT2D eigenvalue weighted by Crippen LogP contribution is -2.45. The molecule has 0 heterocycles. The van der Waals surface area contributed by atoms with Crippen molar-refractivity contribution < 1.29 is 32.9 Å². The lowest BCUT2D eigenvalue weighted by atomic mass is 10.0. The number of nitrogens with zero attached hydrogens (tertiary/aromatic N) is 1. The number of unbranched alkanes of at least 4 members (excludes halogenated alkanes) is 46. The van der Waals surface area contributed by atoms with Gasteiger partial charge in [-0.25, -0.2) is 4.57 Å². The average molecular weight is 1150 g/mol. The Balaban J connectivity index is 3.98. The van der Waals surface area contributed by atoms with Gasteiger partial charge in [-0.15, -0.1) is 0 Å². The van der Waals surface area contributed by atoms with Gasteiger partial charge in [-0.2, -0.15) is 0 Å². The molecule has 472 valence electrons. The van der Waals surface area contributed by atoms with Gasteiger partial charge in [0.2, 0.25) is 5.91 Å². The van der Waals surface area contributed by atoms with E-state index in [1.165, 1.54) is 283 Å². The van der Waals surface area contributed by atoms with E-state index in [0.29, 0.717) is 17.4 Å². The molecule has 0 rings (SSSR count). The fourth-order valence-electron chi connectivity index (χ4n) is 10.6. The number of aliphatic hydroxyl groups is 1. The first-order valence-corrected chi connectivity index (χ1v) is 36.5. The van der Waals surface area contributed by atoms with Gasteiger partial charge >= 0.3 is 7.82 Å². The Hall–Kier alpha value is -1.54. The number of aliphatic hydroxyl groups excluding tert-OH is 1. The van der Waals surface area contributed by atoms with Gasteiger partial charge in [-0.3, -0.25) is 13.8 Å². The minimum Gasteiger partial charge on any atom is -0.387 e. The van der Waals surface area contributed by atoms with E-state index in [9.17, 15) is 19.4 Å². The molecule has 0 aromatic rings. The number of phosphoric acid groups is 1. The van der Waals surface area contributed by atoms with Gasteiger partial charge in [-0.05, 0) is 64.2 Å². The molecule has 9 heteroatoms. The van der Waals surface area contributed by atoms with Crippen molar-refractivity contribution in [2.24, 2.45) is 0 Å². The van der Waals surface area contributed by atoms with Crippen LogP contribution in [0.1, 0.15) is 348 Å². The molecule has 0 saturated carbocycles. The van der Waals surface area contributed by atoms with Gasteiger partial charge in [0.05, 0.1) is 39.9 Å². The van der Waals surface area contributed by atoms with Crippen molar-refractivity contribution in [3.63, 3.8) is 0 Å². The first-order valence-electron chi connectivity index (χ1n) is 35.0. The number of quaternary nitrogens is 1. The molecule has 3 N–H and O–H groups in total. The molecule has 0 aromatic carbocycles. The van der Waals surface area contributed by atoms with Crippen LogP contribution >= 0.6 is 7.82 Å². The standard InChI is InChI=1S/C71H137N2O6P/c1-6-8-10-12-14-16-18-20-22-24-26-27-28-29-30-31-32-33-34-35-36-37-38-39-40-41-42-43-44-45-47-49-51-53-55-57-59-61-63-65-71(75)72-69(68-79-80(76,77)78-67-66-73(3,4)5)70(74)64-62-60-58-56-54-52-50-48-46-25-23-21-19-17-15-13-11-9-7-2/h32-33,35-36,54,56,62,64,69-70,74H,6-31,34,37-53,55,57-61,63,65-68H2,1-5H3,(H-,72,75,76,77)/p+1/b33-32-,36-35-,56-54+,64-62+. The second-order valence-electron chi connectivity index (χ2n) is 25.3. The summed E-state index contributed by atoms with van der Waals surface area (Å²) < 4.78 is 23.8. The van der Waals surface area contributed by atoms with E-state index in [0.717, 1.165) is 44.9 Å². The van der Waals surface area contributed by atoms with Gasteiger partial charge in [-0.1, -0.05) is 326 Å². The molecule has 0 fully saturated rings. The third-order valence-corrected chi connectivity index (χ3v) is 17.0. The minimum atomic E-state index is -4.36. The van der Waals surface area contributed by atoms with E-state index < -0.39 is 20.0 Å². The van der Waals surface area contributed by atoms with Crippen LogP contribution < -0.4 is 5.32 Å². The molecule has 80 heavy (non-hydrogen) atoms. The maximum Gasteiger partial charge on any atom is 0.472 e. The normalized spacial score (nSPS) is 13.9. The van der Waals surface area contributed by atoms with Crippen molar-refractivity contribution in [3.05, 3.63) is 48.6 Å². The van der Waals surface area contributed by atoms with Crippen molar-refractivity contribution in [1.29, 1.82) is 0 Å². The fraction of sp³-hybridized carbons (Fsp3) is 0.873. The Bertz CT molecular complexity index is 1440. The SMILES string of the molecule is CCCCCCCCCCCCCCC/C=C/CC/C=C/C(O)C(COP(=O)(O)OCC[N+](C)(C)C)NC(=O)CCCCCCCCCCCCCCCCCCC/C=C\C/C=C\CCCCCCCCCCCCCCCCC. The highest BCUT2D eigenvalue weighted by Gasteiger charge is 2.28. The van der Waals surface area contributed by atoms with E-state index in [2.05, 4.69) is 55.6 Å². The summed E-state index contributed by atoms with van der Waals surface area (Å²) in [7, 11) is 1.57. The van der Waals surface area contributed by atoms with Gasteiger partial charge in [0, 0.05) is 6.42 Å². The summed E-state index contributed by atoms with van der Waals surface area (Å²) >= 11 is 0. The van der Waals surface area contributed by atoms with Crippen molar-refractivity contribution in [2.75, 3.05) is 40.9 Å². The van der Waals surface area contributed by atoms with Gasteiger partial charge < -0.3 is 19.8 Å². The number of phosphoric ester groups is 1. The molecule has 0 spiro atoms. The molecular weight excluding hydrogens is 1010 g/mol. The van der Waals surface area contributed by atoms with Gasteiger partial charge in [0.25, 0.3) is 0 Å². The Morgan fingerprint density at radius 2 is 0.725 bits per heavy atom. The second kappa shape index (κ2) is 62.0. The molecule has 0 aliphatic rings. The zero-order valence-corrected chi connectivity index (χ0v) is 55.0. The number of nitrogens with one attached hydrogen (secondary N) is 1. The predicted octanol–water partition coefficient (Wildman–Crippen LogP) is 22.2. The molecule has 0 radical (unpaired) electrons. The van der Waals surface area contributed by atoms with E-state index >= 15 is 0 Å². The molecular formula is C71H138N2O6P+. The lowest BCUT2D eigenvalue weighted by Gasteiger charge is -2.25. The van der Waals surface area contributed by atoms with Crippen LogP contribution in [-0.2, 0) is 18.4 Å². The number of hydrogen-bond donors (Lipinski definition) is 3. The predicted molar refractivity (Wildman–Crippen MR) is 351 cm³/mol. The van der Waals surface area contributed by atoms with Crippen LogP contribution in [0.15, 0.2) is 48.6 Å². The van der Waals surface area contributed by atoms with E-state index in [4.69, 9.17) is 9.05 Å². The van der Waals surface area contributed by atoms with Gasteiger partial charge in [0.1, 0.15) is 13.2 Å². The fourth-order valence-corrected chi connectivity index (χ4v) is 11.3. The molecule has 0 aromatic heterocycles. The topological polar surface area (TPSA) is 105 Å². The van der Waals surface area contributed by atoms with Crippen molar-refractivity contribution in [1.82, 2.24) is 5.32 Å². The number of carbonyl (C=O) groups is 1. The zero-order valence-electron chi connectivity index (χ0n) is 54.1. The number of carbonyl (C=O) groups excluding carboxylic acids is 1. The molecule has 0 saturated heterocycles. The Kier molecular flexibility index (Phi) is 60.8. The average Bonchev–Trinajstić information content (AvgIpc) is 3.42. The van der Waals surface area contributed by atoms with Crippen molar-refractivity contribution in [2.45, 2.75) is 360 Å². The molecule has 3 unspecified atom stereocenters. The molecule has 0 aliphatic heterocycles. The smallest absolute Gasteiger partial charge is 0.387 e. The van der Waals surface area contributed by atoms with Crippen LogP contribution in [0.25, 0.3) is 0 Å². The monoisotopic (exact) mass is 1150 g/mol. The second-order valence-corrected chi connectivity index (χ2v) is 26.7. The third-order valence-electron chi connectivity index (χ3n) is 16.0. The highest BCUT2D eigenvalue weighted by molar-refractivity contribution is 7.47. The minimum absolute atomic E-state index is 0.0567. The van der Waals surface area contributed by atoms with E-state index in [1.807, 2.05) is 27.2 Å². The van der Waals surface area contributed by atoms with E-state index in [1.54, 1.807) is 6.08 Å². The number of likely N-dealkylation sites (N-methyl/N-ethyl adjacent to an activating group) is 1. The summed E-state index contributed by atoms with van der Waals surface area (Å²) in [4.78, 5) is 23.4. The molecule has 1 amide bonds. The first kappa shape index (κ1) is 78.5. The number of amides is 1. The Labute approximate surface area is 499 Å². The first-order chi connectivity index (χ1) is 39.0. The number of allylic oxidation sites excluding steroid dienone is 7. The number of rotatable bonds is 65. The molecule has 3 atom stereocenters. The lowest BCUT2D eigenvalue weighted by molar-refractivity contribution is -0.870. The summed E-state index contributed by atoms with van der Waals surface area (Å²) in [5, 5.41) is 14.0. The van der Waals surface area contributed by atoms with E-state index in [-0.39, 0.29) is 19.1 Å². The van der Waals surface area contributed by atoms with Crippen LogP contribution in [0.2, 0.25) is 0 Å². The van der Waals surface area contributed by atoms with Crippen LogP contribution in [0.3, 0.4) is 0 Å². The summed E-state index contributed by atoms with van der Waals surface area (Å²) in [6, 6.07) is -0.864. The zero-order chi connectivity index (χ0) is 58.4. The Morgan fingerprint density at radius 1 is 0.425 bits per heavy atom. The Morgan fingerprint density at radius 3 is 1.07 bits per heavy atom.